The number of nitrogens with one attached hydrogen (secondary N) is 1. The zero-order valence-corrected chi connectivity index (χ0v) is 13.0. The molecule has 6 heteroatoms. The summed E-state index contributed by atoms with van der Waals surface area (Å²) in [5, 5.41) is 3.20. The fourth-order valence-electron chi connectivity index (χ4n) is 1.96. The lowest BCUT2D eigenvalue weighted by Crippen LogP contribution is -2.16. The average Bonchev–Trinajstić information content (AvgIpc) is 2.91. The minimum atomic E-state index is -4.33. The zero-order chi connectivity index (χ0) is 15.5. The molecule has 21 heavy (non-hydrogen) atoms. The van der Waals surface area contributed by atoms with Crippen molar-refractivity contribution in [2.45, 2.75) is 32.0 Å². The predicted molar refractivity (Wildman–Crippen MR) is 79.3 cm³/mol. The van der Waals surface area contributed by atoms with Gasteiger partial charge in [0.1, 0.15) is 5.76 Å². The predicted octanol–water partition coefficient (Wildman–Crippen LogP) is 5.49. The largest absolute Gasteiger partial charge is 0.469 e. The van der Waals surface area contributed by atoms with Crippen LogP contribution in [0.1, 0.15) is 24.7 Å². The van der Waals surface area contributed by atoms with E-state index in [0.717, 1.165) is 30.7 Å². The fraction of sp³-hybridized carbons (Fsp3) is 0.333. The quantitative estimate of drug-likeness (QED) is 0.761. The second kappa shape index (κ2) is 6.56. The van der Waals surface area contributed by atoms with Crippen LogP contribution >= 0.6 is 15.9 Å². The summed E-state index contributed by atoms with van der Waals surface area (Å²) in [5.74, 6) is 0.898. The molecule has 114 valence electrons. The SMILES string of the molecule is CC(CCc1ccco1)Nc1ccc(C(F)(F)F)cc1Br. The van der Waals surface area contributed by atoms with Crippen molar-refractivity contribution in [1.82, 2.24) is 0 Å². The number of rotatable bonds is 5. The molecule has 0 spiro atoms. The highest BCUT2D eigenvalue weighted by atomic mass is 79.9. The maximum Gasteiger partial charge on any atom is 0.416 e. The molecule has 2 aromatic rings. The third-order valence-electron chi connectivity index (χ3n) is 3.10. The molecule has 0 amide bonds. The Morgan fingerprint density at radius 3 is 2.62 bits per heavy atom. The Morgan fingerprint density at radius 1 is 1.29 bits per heavy atom. The van der Waals surface area contributed by atoms with Crippen LogP contribution in [0.15, 0.2) is 45.5 Å². The van der Waals surface area contributed by atoms with Crippen molar-refractivity contribution in [3.05, 3.63) is 52.4 Å². The van der Waals surface area contributed by atoms with Crippen molar-refractivity contribution in [2.75, 3.05) is 5.32 Å². The van der Waals surface area contributed by atoms with E-state index in [1.807, 2.05) is 19.1 Å². The number of anilines is 1. The molecule has 0 fully saturated rings. The summed E-state index contributed by atoms with van der Waals surface area (Å²) in [6.07, 6.45) is -1.10. The van der Waals surface area contributed by atoms with Crippen molar-refractivity contribution in [2.24, 2.45) is 0 Å². The summed E-state index contributed by atoms with van der Waals surface area (Å²) in [6, 6.07) is 7.45. The number of hydrogen-bond acceptors (Lipinski definition) is 2. The maximum atomic E-state index is 12.6. The topological polar surface area (TPSA) is 25.2 Å². The molecular weight excluding hydrogens is 347 g/mol. The highest BCUT2D eigenvalue weighted by Gasteiger charge is 2.30. The Morgan fingerprint density at radius 2 is 2.05 bits per heavy atom. The van der Waals surface area contributed by atoms with Gasteiger partial charge in [0, 0.05) is 22.6 Å². The average molecular weight is 362 g/mol. The van der Waals surface area contributed by atoms with Crippen LogP contribution in [0.3, 0.4) is 0 Å². The Hall–Kier alpha value is -1.43. The van der Waals surface area contributed by atoms with Gasteiger partial charge >= 0.3 is 6.18 Å². The number of aryl methyl sites for hydroxylation is 1. The summed E-state index contributed by atoms with van der Waals surface area (Å²) < 4.78 is 43.4. The third kappa shape index (κ3) is 4.52. The molecule has 0 radical (unpaired) electrons. The molecule has 0 aliphatic heterocycles. The van der Waals surface area contributed by atoms with Gasteiger partial charge in [-0.3, -0.25) is 0 Å². The van der Waals surface area contributed by atoms with Gasteiger partial charge in [-0.05, 0) is 59.6 Å². The van der Waals surface area contributed by atoms with Crippen molar-refractivity contribution in [3.63, 3.8) is 0 Å². The summed E-state index contributed by atoms with van der Waals surface area (Å²) in [6.45, 7) is 1.98. The summed E-state index contributed by atoms with van der Waals surface area (Å²) in [7, 11) is 0. The van der Waals surface area contributed by atoms with Gasteiger partial charge in [0.25, 0.3) is 0 Å². The van der Waals surface area contributed by atoms with E-state index in [1.165, 1.54) is 6.07 Å². The first-order valence-corrected chi connectivity index (χ1v) is 7.31. The second-order valence-corrected chi connectivity index (χ2v) is 5.71. The van der Waals surface area contributed by atoms with Crippen molar-refractivity contribution in [1.29, 1.82) is 0 Å². The van der Waals surface area contributed by atoms with Gasteiger partial charge < -0.3 is 9.73 Å². The molecular formula is C15H15BrF3NO. The smallest absolute Gasteiger partial charge is 0.416 e. The highest BCUT2D eigenvalue weighted by molar-refractivity contribution is 9.10. The van der Waals surface area contributed by atoms with Crippen molar-refractivity contribution >= 4 is 21.6 Å². The van der Waals surface area contributed by atoms with E-state index in [9.17, 15) is 13.2 Å². The van der Waals surface area contributed by atoms with E-state index in [2.05, 4.69) is 21.2 Å². The van der Waals surface area contributed by atoms with Crippen LogP contribution < -0.4 is 5.32 Å². The molecule has 0 saturated carbocycles. The number of alkyl halides is 3. The maximum absolute atomic E-state index is 12.6. The summed E-state index contributed by atoms with van der Waals surface area (Å²) in [4.78, 5) is 0. The van der Waals surface area contributed by atoms with E-state index in [0.29, 0.717) is 10.2 Å². The van der Waals surface area contributed by atoms with E-state index < -0.39 is 11.7 Å². The minimum Gasteiger partial charge on any atom is -0.469 e. The lowest BCUT2D eigenvalue weighted by molar-refractivity contribution is -0.137. The number of benzene rings is 1. The van der Waals surface area contributed by atoms with Crippen molar-refractivity contribution in [3.8, 4) is 0 Å². The molecule has 2 nitrogen and oxygen atoms in total. The molecule has 1 aromatic carbocycles. The Balaban J connectivity index is 1.96. The first-order valence-electron chi connectivity index (χ1n) is 6.52. The molecule has 1 atom stereocenters. The van der Waals surface area contributed by atoms with Gasteiger partial charge in [0.2, 0.25) is 0 Å². The monoisotopic (exact) mass is 361 g/mol. The van der Waals surface area contributed by atoms with Crippen LogP contribution in [0.25, 0.3) is 0 Å². The summed E-state index contributed by atoms with van der Waals surface area (Å²) >= 11 is 3.18. The Kier molecular flexibility index (Phi) is 4.98. The van der Waals surface area contributed by atoms with Crippen LogP contribution in [-0.4, -0.2) is 6.04 Å². The van der Waals surface area contributed by atoms with Crippen LogP contribution in [0.4, 0.5) is 18.9 Å². The molecule has 1 N–H and O–H groups in total. The number of furan rings is 1. The van der Waals surface area contributed by atoms with Crippen LogP contribution in [0.5, 0.6) is 0 Å². The lowest BCUT2D eigenvalue weighted by Gasteiger charge is -2.17. The fourth-order valence-corrected chi connectivity index (χ4v) is 2.45. The van der Waals surface area contributed by atoms with Gasteiger partial charge in [-0.1, -0.05) is 0 Å². The highest BCUT2D eigenvalue weighted by Crippen LogP contribution is 2.34. The molecule has 0 saturated heterocycles. The molecule has 1 heterocycles. The van der Waals surface area contributed by atoms with Crippen LogP contribution in [0, 0.1) is 0 Å². The summed E-state index contributed by atoms with van der Waals surface area (Å²) in [5.41, 5.74) is -0.0156. The van der Waals surface area contributed by atoms with Gasteiger partial charge in [0.15, 0.2) is 0 Å². The van der Waals surface area contributed by atoms with Gasteiger partial charge in [-0.2, -0.15) is 13.2 Å². The van der Waals surface area contributed by atoms with Gasteiger partial charge in [0.05, 0.1) is 11.8 Å². The zero-order valence-electron chi connectivity index (χ0n) is 11.4. The van der Waals surface area contributed by atoms with Crippen LogP contribution in [-0.2, 0) is 12.6 Å². The van der Waals surface area contributed by atoms with E-state index in [1.54, 1.807) is 6.26 Å². The number of halogens is 4. The standard InChI is InChI=1S/C15H15BrF3NO/c1-10(4-6-12-3-2-8-21-12)20-14-7-5-11(9-13(14)16)15(17,18)19/h2-3,5,7-10,20H,4,6H2,1H3. The third-order valence-corrected chi connectivity index (χ3v) is 3.76. The first-order chi connectivity index (χ1) is 9.86. The van der Waals surface area contributed by atoms with Crippen molar-refractivity contribution < 1.29 is 17.6 Å². The molecule has 2 rings (SSSR count). The molecule has 1 aromatic heterocycles. The molecule has 1 unspecified atom stereocenters. The van der Waals surface area contributed by atoms with E-state index >= 15 is 0 Å². The first kappa shape index (κ1) is 15.9. The van der Waals surface area contributed by atoms with Gasteiger partial charge in [-0.25, -0.2) is 0 Å². The minimum absolute atomic E-state index is 0.114. The lowest BCUT2D eigenvalue weighted by atomic mass is 10.1. The normalized spacial score (nSPS) is 13.2. The molecule has 0 bridgehead atoms. The molecule has 0 aliphatic rings. The Bertz CT molecular complexity index is 581. The van der Waals surface area contributed by atoms with E-state index in [4.69, 9.17) is 4.42 Å². The Labute approximate surface area is 129 Å². The number of hydrogen-bond donors (Lipinski definition) is 1. The van der Waals surface area contributed by atoms with Crippen LogP contribution in [0.2, 0.25) is 0 Å². The van der Waals surface area contributed by atoms with Gasteiger partial charge in [-0.15, -0.1) is 0 Å². The molecule has 0 aliphatic carbocycles. The second-order valence-electron chi connectivity index (χ2n) is 4.86. The van der Waals surface area contributed by atoms with E-state index in [-0.39, 0.29) is 6.04 Å².